The number of nitrogens with zero attached hydrogens (tertiary/aromatic N) is 1. The van der Waals surface area contributed by atoms with Crippen LogP contribution in [0.1, 0.15) is 12.5 Å². The van der Waals surface area contributed by atoms with Gasteiger partial charge in [0.05, 0.1) is 5.69 Å². The quantitative estimate of drug-likeness (QED) is 0.807. The number of carbonyl (C=O) groups excluding carboxylic acids is 1. The van der Waals surface area contributed by atoms with E-state index in [4.69, 9.17) is 17.3 Å². The number of carbonyl (C=O) groups is 1. The van der Waals surface area contributed by atoms with Crippen LogP contribution in [0.2, 0.25) is 5.02 Å². The number of amides is 1. The van der Waals surface area contributed by atoms with Crippen LogP contribution in [0, 0.1) is 0 Å². The average Bonchev–Trinajstić information content (AvgIpc) is 2.48. The molecule has 0 fully saturated rings. The molecule has 2 aromatic carbocycles. The third-order valence-corrected chi connectivity index (χ3v) is 4.80. The van der Waals surface area contributed by atoms with Gasteiger partial charge in [0, 0.05) is 24.2 Å². The van der Waals surface area contributed by atoms with Crippen LogP contribution >= 0.6 is 11.6 Å². The number of benzene rings is 2. The fraction of sp³-hybridized carbons (Fsp3) is 0.133. The molecule has 23 heavy (non-hydrogen) atoms. The summed E-state index contributed by atoms with van der Waals surface area (Å²) in [7, 11) is -4.07. The van der Waals surface area contributed by atoms with Gasteiger partial charge in [-0.2, -0.15) is 17.4 Å². The molecule has 0 aliphatic carbocycles. The smallest absolute Gasteiger partial charge is 0.308 e. The van der Waals surface area contributed by atoms with E-state index in [1.807, 2.05) is 0 Å². The van der Waals surface area contributed by atoms with E-state index in [1.54, 1.807) is 24.3 Å². The molecule has 0 aliphatic rings. The molecular formula is C15H16ClN3O3S. The van der Waals surface area contributed by atoms with Gasteiger partial charge in [-0.15, -0.1) is 0 Å². The highest BCUT2D eigenvalue weighted by atomic mass is 35.5. The number of hydrogen-bond acceptors (Lipinski definition) is 4. The van der Waals surface area contributed by atoms with Crippen molar-refractivity contribution < 1.29 is 13.2 Å². The van der Waals surface area contributed by atoms with E-state index in [2.05, 4.69) is 4.72 Å². The van der Waals surface area contributed by atoms with E-state index in [9.17, 15) is 13.2 Å². The Labute approximate surface area is 140 Å². The van der Waals surface area contributed by atoms with Gasteiger partial charge in [-0.3, -0.25) is 4.79 Å². The molecule has 1 amide bonds. The fourth-order valence-electron chi connectivity index (χ4n) is 1.99. The van der Waals surface area contributed by atoms with Gasteiger partial charge in [-0.1, -0.05) is 29.8 Å². The Morgan fingerprint density at radius 2 is 1.78 bits per heavy atom. The van der Waals surface area contributed by atoms with Gasteiger partial charge in [0.2, 0.25) is 5.91 Å². The maximum atomic E-state index is 12.5. The molecule has 2 rings (SSSR count). The number of halogens is 1. The molecule has 6 nitrogen and oxygen atoms in total. The Kier molecular flexibility index (Phi) is 5.25. The van der Waals surface area contributed by atoms with Crippen molar-refractivity contribution in [2.75, 3.05) is 10.0 Å². The molecule has 0 unspecified atom stereocenters. The zero-order valence-electron chi connectivity index (χ0n) is 12.4. The Morgan fingerprint density at radius 1 is 1.17 bits per heavy atom. The largest absolute Gasteiger partial charge is 0.398 e. The van der Waals surface area contributed by atoms with Crippen molar-refractivity contribution in [3.05, 3.63) is 59.1 Å². The van der Waals surface area contributed by atoms with Crippen molar-refractivity contribution >= 4 is 39.1 Å². The van der Waals surface area contributed by atoms with Crippen LogP contribution in [-0.4, -0.2) is 14.3 Å². The number of anilines is 2. The maximum absolute atomic E-state index is 12.5. The van der Waals surface area contributed by atoms with Gasteiger partial charge in [0.1, 0.15) is 0 Å². The number of para-hydroxylation sites is 1. The fourth-order valence-corrected chi connectivity index (χ4v) is 3.33. The van der Waals surface area contributed by atoms with Gasteiger partial charge < -0.3 is 5.73 Å². The Morgan fingerprint density at radius 3 is 2.35 bits per heavy atom. The third kappa shape index (κ3) is 4.22. The lowest BCUT2D eigenvalue weighted by Gasteiger charge is -2.21. The highest BCUT2D eigenvalue weighted by molar-refractivity contribution is 7.91. The molecule has 0 saturated heterocycles. The summed E-state index contributed by atoms with van der Waals surface area (Å²) in [6.45, 7) is 1.15. The summed E-state index contributed by atoms with van der Waals surface area (Å²) in [4.78, 5) is 11.8. The first-order valence-electron chi connectivity index (χ1n) is 6.70. The number of nitrogens with one attached hydrogen (secondary N) is 1. The lowest BCUT2D eigenvalue weighted by molar-refractivity contribution is -0.115. The lowest BCUT2D eigenvalue weighted by atomic mass is 10.2. The molecule has 0 aliphatic heterocycles. The van der Waals surface area contributed by atoms with Gasteiger partial charge in [0.25, 0.3) is 0 Å². The van der Waals surface area contributed by atoms with Crippen LogP contribution in [0.5, 0.6) is 0 Å². The van der Waals surface area contributed by atoms with Crippen molar-refractivity contribution in [3.63, 3.8) is 0 Å². The van der Waals surface area contributed by atoms with Crippen LogP contribution in [0.3, 0.4) is 0 Å². The molecule has 0 saturated carbocycles. The van der Waals surface area contributed by atoms with Gasteiger partial charge in [0.15, 0.2) is 0 Å². The molecule has 0 bridgehead atoms. The molecule has 8 heteroatoms. The van der Waals surface area contributed by atoms with Crippen molar-refractivity contribution in [3.8, 4) is 0 Å². The summed E-state index contributed by atoms with van der Waals surface area (Å²) in [5, 5.41) is 0.444. The summed E-state index contributed by atoms with van der Waals surface area (Å²) in [5.41, 5.74) is 7.08. The van der Waals surface area contributed by atoms with Crippen LogP contribution < -0.4 is 14.8 Å². The minimum absolute atomic E-state index is 0.0215. The van der Waals surface area contributed by atoms with E-state index >= 15 is 0 Å². The Hall–Kier alpha value is -2.09. The topological polar surface area (TPSA) is 92.5 Å². The van der Waals surface area contributed by atoms with E-state index in [0.717, 1.165) is 0 Å². The number of nitrogen functional groups attached to an aromatic ring is 1. The van der Waals surface area contributed by atoms with Crippen LogP contribution in [0.25, 0.3) is 0 Å². The predicted molar refractivity (Wildman–Crippen MR) is 91.2 cm³/mol. The van der Waals surface area contributed by atoms with E-state index in [1.165, 1.54) is 31.2 Å². The van der Waals surface area contributed by atoms with E-state index < -0.39 is 16.1 Å². The number of rotatable bonds is 5. The molecule has 122 valence electrons. The van der Waals surface area contributed by atoms with Crippen molar-refractivity contribution in [2.45, 2.75) is 13.5 Å². The SMILES string of the molecule is CC(=O)N(c1ccc(Cl)cc1)S(=O)(=O)NCc1ccccc1N. The summed E-state index contributed by atoms with van der Waals surface area (Å²) in [5.74, 6) is -0.638. The minimum atomic E-state index is -4.07. The molecule has 0 atom stereocenters. The summed E-state index contributed by atoms with van der Waals surface area (Å²) in [6.07, 6.45) is 0. The lowest BCUT2D eigenvalue weighted by Crippen LogP contribution is -2.43. The Bertz CT molecular complexity index is 807. The van der Waals surface area contributed by atoms with E-state index in [-0.39, 0.29) is 12.2 Å². The second-order valence-corrected chi connectivity index (χ2v) is 6.83. The normalized spacial score (nSPS) is 11.2. The number of hydrogen-bond donors (Lipinski definition) is 2. The van der Waals surface area contributed by atoms with Crippen LogP contribution in [-0.2, 0) is 21.5 Å². The molecule has 0 aromatic heterocycles. The maximum Gasteiger partial charge on any atom is 0.308 e. The van der Waals surface area contributed by atoms with Crippen LogP contribution in [0.15, 0.2) is 48.5 Å². The first kappa shape index (κ1) is 17.3. The molecular weight excluding hydrogens is 338 g/mol. The van der Waals surface area contributed by atoms with Crippen molar-refractivity contribution in [1.82, 2.24) is 4.72 Å². The predicted octanol–water partition coefficient (Wildman–Crippen LogP) is 2.31. The minimum Gasteiger partial charge on any atom is -0.398 e. The molecule has 0 spiro atoms. The summed E-state index contributed by atoms with van der Waals surface area (Å²) in [6, 6.07) is 12.8. The molecule has 0 radical (unpaired) electrons. The van der Waals surface area contributed by atoms with Gasteiger partial charge in [-0.25, -0.2) is 0 Å². The summed E-state index contributed by atoms with van der Waals surface area (Å²) >= 11 is 5.79. The van der Waals surface area contributed by atoms with Gasteiger partial charge >= 0.3 is 10.2 Å². The second-order valence-electron chi connectivity index (χ2n) is 4.78. The van der Waals surface area contributed by atoms with Crippen molar-refractivity contribution in [1.29, 1.82) is 0 Å². The molecule has 2 aromatic rings. The summed E-state index contributed by atoms with van der Waals surface area (Å²) < 4.78 is 28.0. The highest BCUT2D eigenvalue weighted by Crippen LogP contribution is 2.21. The van der Waals surface area contributed by atoms with Crippen molar-refractivity contribution in [2.24, 2.45) is 0 Å². The third-order valence-electron chi connectivity index (χ3n) is 3.09. The monoisotopic (exact) mass is 353 g/mol. The van der Waals surface area contributed by atoms with E-state index in [0.29, 0.717) is 20.6 Å². The average molecular weight is 354 g/mol. The highest BCUT2D eigenvalue weighted by Gasteiger charge is 2.26. The number of nitrogens with two attached hydrogens (primary N) is 1. The standard InChI is InChI=1S/C15H16ClN3O3S/c1-11(20)19(14-8-6-13(16)7-9-14)23(21,22)18-10-12-4-2-3-5-15(12)17/h2-9,18H,10,17H2,1H3. The molecule has 0 heterocycles. The van der Waals surface area contributed by atoms with Gasteiger partial charge in [-0.05, 0) is 35.9 Å². The Balaban J connectivity index is 2.25. The zero-order valence-corrected chi connectivity index (χ0v) is 13.9. The second kappa shape index (κ2) is 6.99. The zero-order chi connectivity index (χ0) is 17.0. The molecule has 3 N–H and O–H groups in total. The first-order valence-corrected chi connectivity index (χ1v) is 8.52. The first-order chi connectivity index (χ1) is 10.8. The van der Waals surface area contributed by atoms with Crippen LogP contribution in [0.4, 0.5) is 11.4 Å².